The van der Waals surface area contributed by atoms with E-state index in [4.69, 9.17) is 5.73 Å². The highest BCUT2D eigenvalue weighted by atomic mass is 15.1. The Morgan fingerprint density at radius 3 is 2.94 bits per heavy atom. The highest BCUT2D eigenvalue weighted by Gasteiger charge is 2.26. The molecule has 1 aliphatic rings. The van der Waals surface area contributed by atoms with Crippen LogP contribution in [0.25, 0.3) is 0 Å². The van der Waals surface area contributed by atoms with Gasteiger partial charge in [0.15, 0.2) is 0 Å². The molecule has 0 spiro atoms. The van der Waals surface area contributed by atoms with Crippen molar-refractivity contribution >= 4 is 0 Å². The van der Waals surface area contributed by atoms with Gasteiger partial charge in [-0.2, -0.15) is 0 Å². The zero-order valence-electron chi connectivity index (χ0n) is 11.4. The summed E-state index contributed by atoms with van der Waals surface area (Å²) in [5, 5.41) is 0. The molecule has 1 aliphatic carbocycles. The lowest BCUT2D eigenvalue weighted by molar-refractivity contribution is 0.135. The number of nitrogens with zero attached hydrogens (tertiary/aromatic N) is 2. The Labute approximate surface area is 110 Å². The van der Waals surface area contributed by atoms with Crippen LogP contribution in [0.3, 0.4) is 0 Å². The van der Waals surface area contributed by atoms with Crippen molar-refractivity contribution in [2.24, 2.45) is 11.7 Å². The average Bonchev–Trinajstić information content (AvgIpc) is 2.45. The fraction of sp³-hybridized carbons (Fsp3) is 0.667. The van der Waals surface area contributed by atoms with Gasteiger partial charge in [-0.3, -0.25) is 4.98 Å². The molecule has 2 atom stereocenters. The molecule has 0 amide bonds. The van der Waals surface area contributed by atoms with Crippen molar-refractivity contribution in [1.82, 2.24) is 9.88 Å². The van der Waals surface area contributed by atoms with Gasteiger partial charge in [0.2, 0.25) is 0 Å². The van der Waals surface area contributed by atoms with E-state index in [9.17, 15) is 0 Å². The Kier molecular flexibility index (Phi) is 5.14. The van der Waals surface area contributed by atoms with Crippen molar-refractivity contribution in [3.8, 4) is 0 Å². The van der Waals surface area contributed by atoms with Gasteiger partial charge < -0.3 is 10.6 Å². The van der Waals surface area contributed by atoms with E-state index in [2.05, 4.69) is 23.0 Å². The molecule has 2 unspecified atom stereocenters. The number of hydrogen-bond acceptors (Lipinski definition) is 3. The minimum Gasteiger partial charge on any atom is -0.330 e. The van der Waals surface area contributed by atoms with Crippen LogP contribution in [-0.4, -0.2) is 36.1 Å². The first-order valence-electron chi connectivity index (χ1n) is 7.10. The molecule has 1 saturated carbocycles. The van der Waals surface area contributed by atoms with Crippen molar-refractivity contribution in [3.63, 3.8) is 0 Å². The van der Waals surface area contributed by atoms with Crippen LogP contribution in [0.15, 0.2) is 24.5 Å². The largest absolute Gasteiger partial charge is 0.330 e. The molecule has 1 aromatic rings. The van der Waals surface area contributed by atoms with Gasteiger partial charge in [-0.15, -0.1) is 0 Å². The Morgan fingerprint density at radius 2 is 2.22 bits per heavy atom. The maximum atomic E-state index is 5.90. The van der Waals surface area contributed by atoms with Crippen molar-refractivity contribution in [3.05, 3.63) is 30.1 Å². The molecule has 18 heavy (non-hydrogen) atoms. The lowest BCUT2D eigenvalue weighted by Gasteiger charge is -2.37. The second kappa shape index (κ2) is 6.86. The van der Waals surface area contributed by atoms with Gasteiger partial charge in [-0.1, -0.05) is 18.9 Å². The molecule has 2 N–H and O–H groups in total. The third kappa shape index (κ3) is 3.53. The van der Waals surface area contributed by atoms with E-state index in [0.717, 1.165) is 19.5 Å². The summed E-state index contributed by atoms with van der Waals surface area (Å²) in [6.45, 7) is 1.94. The normalized spacial score (nSPS) is 24.4. The molecule has 1 fully saturated rings. The van der Waals surface area contributed by atoms with Crippen molar-refractivity contribution in [1.29, 1.82) is 0 Å². The summed E-state index contributed by atoms with van der Waals surface area (Å²) in [5.41, 5.74) is 7.23. The third-order valence-electron chi connectivity index (χ3n) is 4.21. The van der Waals surface area contributed by atoms with Gasteiger partial charge in [0.05, 0.1) is 0 Å². The topological polar surface area (TPSA) is 42.2 Å². The predicted molar refractivity (Wildman–Crippen MR) is 75.4 cm³/mol. The van der Waals surface area contributed by atoms with Gasteiger partial charge in [0, 0.05) is 25.0 Å². The van der Waals surface area contributed by atoms with Crippen LogP contribution in [0.1, 0.15) is 31.2 Å². The van der Waals surface area contributed by atoms with Crippen LogP contribution < -0.4 is 5.73 Å². The molecule has 100 valence electrons. The molecule has 1 heterocycles. The summed E-state index contributed by atoms with van der Waals surface area (Å²) in [6.07, 6.45) is 10.2. The number of likely N-dealkylation sites (N-methyl/N-ethyl adjacent to an activating group) is 1. The molecule has 2 rings (SSSR count). The summed E-state index contributed by atoms with van der Waals surface area (Å²) in [5.74, 6) is 0.692. The van der Waals surface area contributed by atoms with Gasteiger partial charge in [-0.05, 0) is 50.4 Å². The number of aromatic nitrogens is 1. The molecule has 0 bridgehead atoms. The average molecular weight is 247 g/mol. The van der Waals surface area contributed by atoms with Gasteiger partial charge in [0.1, 0.15) is 0 Å². The van der Waals surface area contributed by atoms with E-state index in [1.165, 1.54) is 31.2 Å². The minimum atomic E-state index is 0.681. The number of pyridine rings is 1. The third-order valence-corrected chi connectivity index (χ3v) is 4.21. The first kappa shape index (κ1) is 13.5. The maximum absolute atomic E-state index is 5.90. The van der Waals surface area contributed by atoms with E-state index in [1.807, 2.05) is 18.5 Å². The lowest BCUT2D eigenvalue weighted by atomic mass is 9.83. The van der Waals surface area contributed by atoms with Crippen molar-refractivity contribution in [2.75, 3.05) is 20.1 Å². The smallest absolute Gasteiger partial charge is 0.0300 e. The van der Waals surface area contributed by atoms with Crippen molar-refractivity contribution < 1.29 is 0 Å². The predicted octanol–water partition coefficient (Wildman–Crippen LogP) is 2.07. The summed E-state index contributed by atoms with van der Waals surface area (Å²) >= 11 is 0. The molecule has 1 aromatic heterocycles. The van der Waals surface area contributed by atoms with Gasteiger partial charge >= 0.3 is 0 Å². The second-order valence-electron chi connectivity index (χ2n) is 5.44. The van der Waals surface area contributed by atoms with Gasteiger partial charge in [-0.25, -0.2) is 0 Å². The van der Waals surface area contributed by atoms with E-state index in [1.54, 1.807) is 0 Å². The number of nitrogens with two attached hydrogens (primary N) is 1. The molecule has 0 aliphatic heterocycles. The zero-order valence-corrected chi connectivity index (χ0v) is 11.4. The zero-order chi connectivity index (χ0) is 12.8. The van der Waals surface area contributed by atoms with Crippen LogP contribution in [0.4, 0.5) is 0 Å². The molecule has 0 aromatic carbocycles. The number of hydrogen-bond donors (Lipinski definition) is 1. The standard InChI is InChI=1S/C15H25N3/c1-18(10-8-13-5-4-9-17-12-13)15-7-3-2-6-14(15)11-16/h4-5,9,12,14-15H,2-3,6-8,10-11,16H2,1H3. The fourth-order valence-corrected chi connectivity index (χ4v) is 3.06. The highest BCUT2D eigenvalue weighted by molar-refractivity contribution is 5.08. The van der Waals surface area contributed by atoms with Crippen LogP contribution >= 0.6 is 0 Å². The van der Waals surface area contributed by atoms with Gasteiger partial charge in [0.25, 0.3) is 0 Å². The molecule has 3 nitrogen and oxygen atoms in total. The summed E-state index contributed by atoms with van der Waals surface area (Å²) < 4.78 is 0. The molecule has 0 saturated heterocycles. The van der Waals surface area contributed by atoms with Crippen molar-refractivity contribution in [2.45, 2.75) is 38.1 Å². The minimum absolute atomic E-state index is 0.681. The molecule has 3 heteroatoms. The second-order valence-corrected chi connectivity index (χ2v) is 5.44. The van der Waals surface area contributed by atoms with E-state index in [-0.39, 0.29) is 0 Å². The first-order valence-corrected chi connectivity index (χ1v) is 7.10. The van der Waals surface area contributed by atoms with Crippen LogP contribution in [0.2, 0.25) is 0 Å². The monoisotopic (exact) mass is 247 g/mol. The first-order chi connectivity index (χ1) is 8.81. The number of rotatable bonds is 5. The van der Waals surface area contributed by atoms with E-state index in [0.29, 0.717) is 12.0 Å². The Balaban J connectivity index is 1.85. The Morgan fingerprint density at radius 1 is 1.39 bits per heavy atom. The highest BCUT2D eigenvalue weighted by Crippen LogP contribution is 2.27. The summed E-state index contributed by atoms with van der Waals surface area (Å²) in [4.78, 5) is 6.67. The summed E-state index contributed by atoms with van der Waals surface area (Å²) in [6, 6.07) is 4.85. The Bertz CT molecular complexity index is 339. The van der Waals surface area contributed by atoms with E-state index >= 15 is 0 Å². The quantitative estimate of drug-likeness (QED) is 0.866. The maximum Gasteiger partial charge on any atom is 0.0300 e. The van der Waals surface area contributed by atoms with Crippen LogP contribution in [-0.2, 0) is 6.42 Å². The van der Waals surface area contributed by atoms with E-state index < -0.39 is 0 Å². The molecule has 0 radical (unpaired) electrons. The fourth-order valence-electron chi connectivity index (χ4n) is 3.06. The Hall–Kier alpha value is -0.930. The molecular formula is C15H25N3. The van der Waals surface area contributed by atoms with Crippen LogP contribution in [0, 0.1) is 5.92 Å². The SMILES string of the molecule is CN(CCc1cccnc1)C1CCCCC1CN. The molecular weight excluding hydrogens is 222 g/mol. The lowest BCUT2D eigenvalue weighted by Crippen LogP contribution is -2.43. The summed E-state index contributed by atoms with van der Waals surface area (Å²) in [7, 11) is 2.25. The van der Waals surface area contributed by atoms with Crippen LogP contribution in [0.5, 0.6) is 0 Å².